The second-order valence-electron chi connectivity index (χ2n) is 6.35. The molecule has 1 N–H and O–H groups in total. The van der Waals surface area contributed by atoms with Crippen molar-refractivity contribution in [2.45, 2.75) is 39.0 Å². The third kappa shape index (κ3) is 3.99. The summed E-state index contributed by atoms with van der Waals surface area (Å²) in [4.78, 5) is 3.89. The first-order valence-electron chi connectivity index (χ1n) is 8.69. The molecule has 0 aromatic carbocycles. The van der Waals surface area contributed by atoms with Crippen molar-refractivity contribution < 1.29 is 13.9 Å². The van der Waals surface area contributed by atoms with Gasteiger partial charge in [0.25, 0.3) is 0 Å². The lowest BCUT2D eigenvalue weighted by atomic mass is 9.96. The first-order valence-corrected chi connectivity index (χ1v) is 8.69. The van der Waals surface area contributed by atoms with Gasteiger partial charge in [-0.15, -0.1) is 0 Å². The number of pyridine rings is 1. The smallest absolute Gasteiger partial charge is 0.213 e. The molecule has 7 heteroatoms. The molecule has 1 fully saturated rings. The van der Waals surface area contributed by atoms with Crippen LogP contribution in [0.25, 0.3) is 0 Å². The van der Waals surface area contributed by atoms with Gasteiger partial charge in [-0.3, -0.25) is 4.68 Å². The summed E-state index contributed by atoms with van der Waals surface area (Å²) in [7, 11) is 1.53. The van der Waals surface area contributed by atoms with Gasteiger partial charge in [0.15, 0.2) is 0 Å². The molecule has 1 unspecified atom stereocenters. The van der Waals surface area contributed by atoms with Gasteiger partial charge in [0.2, 0.25) is 5.88 Å². The van der Waals surface area contributed by atoms with Gasteiger partial charge in [0.05, 0.1) is 25.6 Å². The predicted octanol–water partition coefficient (Wildman–Crippen LogP) is 2.87. The topological polar surface area (TPSA) is 61.2 Å². The Morgan fingerprint density at radius 3 is 3.04 bits per heavy atom. The number of hydrogen-bond acceptors (Lipinski definition) is 5. The predicted molar refractivity (Wildman–Crippen MR) is 91.9 cm³/mol. The molecule has 0 saturated carbocycles. The van der Waals surface area contributed by atoms with Gasteiger partial charge >= 0.3 is 0 Å². The number of ether oxygens (including phenoxy) is 2. The average molecular weight is 348 g/mol. The summed E-state index contributed by atoms with van der Waals surface area (Å²) in [6.45, 7) is 6.32. The summed E-state index contributed by atoms with van der Waals surface area (Å²) in [5.41, 5.74) is 1.66. The number of aromatic nitrogens is 3. The van der Waals surface area contributed by atoms with Crippen LogP contribution in [0, 0.1) is 11.7 Å². The third-order valence-electron chi connectivity index (χ3n) is 4.74. The average Bonchev–Trinajstić information content (AvgIpc) is 3.28. The number of nitrogens with zero attached hydrogens (tertiary/aromatic N) is 3. The Morgan fingerprint density at radius 2 is 2.32 bits per heavy atom. The van der Waals surface area contributed by atoms with E-state index in [-0.39, 0.29) is 18.0 Å². The lowest BCUT2D eigenvalue weighted by molar-refractivity contribution is 0.0898. The molecule has 6 nitrogen and oxygen atoms in total. The lowest BCUT2D eigenvalue weighted by Gasteiger charge is -2.21. The Kier molecular flexibility index (Phi) is 5.65. The van der Waals surface area contributed by atoms with Crippen molar-refractivity contribution in [2.75, 3.05) is 20.3 Å². The molecule has 0 amide bonds. The summed E-state index contributed by atoms with van der Waals surface area (Å²) in [6.07, 6.45) is 6.14. The molecule has 136 valence electrons. The molecule has 0 radical (unpaired) electrons. The van der Waals surface area contributed by atoms with Crippen molar-refractivity contribution in [1.82, 2.24) is 20.1 Å². The molecule has 2 aromatic heterocycles. The minimum Gasteiger partial charge on any atom is -0.481 e. The maximum Gasteiger partial charge on any atom is 0.213 e. The number of methoxy groups -OCH3 is 1. The fourth-order valence-corrected chi connectivity index (χ4v) is 3.23. The molecule has 25 heavy (non-hydrogen) atoms. The fraction of sp³-hybridized carbons (Fsp3) is 0.556. The Hall–Kier alpha value is -1.99. The maximum absolute atomic E-state index is 14.0. The van der Waals surface area contributed by atoms with Gasteiger partial charge in [0, 0.05) is 55.0 Å². The number of nitrogens with one attached hydrogen (secondary N) is 1. The van der Waals surface area contributed by atoms with Crippen LogP contribution < -0.4 is 10.1 Å². The summed E-state index contributed by atoms with van der Waals surface area (Å²) in [5, 5.41) is 7.76. The monoisotopic (exact) mass is 348 g/mol. The van der Waals surface area contributed by atoms with Gasteiger partial charge in [0.1, 0.15) is 5.82 Å². The van der Waals surface area contributed by atoms with Crippen LogP contribution in [0.2, 0.25) is 0 Å². The second kappa shape index (κ2) is 7.93. The Balaban J connectivity index is 1.64. The van der Waals surface area contributed by atoms with E-state index >= 15 is 0 Å². The van der Waals surface area contributed by atoms with Crippen LogP contribution >= 0.6 is 0 Å². The SMILES string of the molecule is CCn1cc([C@@H]2OCC[C@H]2CNC(C)c2cc(OC)ncc2F)cn1. The number of aryl methyl sites for hydroxylation is 1. The number of halogens is 1. The first-order chi connectivity index (χ1) is 12.1. The van der Waals surface area contributed by atoms with E-state index in [1.54, 1.807) is 6.07 Å². The highest BCUT2D eigenvalue weighted by Crippen LogP contribution is 2.34. The molecular formula is C18H25FN4O2. The van der Waals surface area contributed by atoms with E-state index in [0.717, 1.165) is 31.7 Å². The van der Waals surface area contributed by atoms with E-state index in [9.17, 15) is 4.39 Å². The van der Waals surface area contributed by atoms with Gasteiger partial charge in [-0.2, -0.15) is 5.10 Å². The lowest BCUT2D eigenvalue weighted by Crippen LogP contribution is -2.28. The molecule has 0 bridgehead atoms. The van der Waals surface area contributed by atoms with Gasteiger partial charge in [-0.25, -0.2) is 9.37 Å². The zero-order valence-corrected chi connectivity index (χ0v) is 14.9. The highest BCUT2D eigenvalue weighted by molar-refractivity contribution is 5.25. The minimum absolute atomic E-state index is 0.0387. The van der Waals surface area contributed by atoms with Crippen LogP contribution in [0.15, 0.2) is 24.7 Å². The van der Waals surface area contributed by atoms with Crippen LogP contribution in [0.4, 0.5) is 4.39 Å². The summed E-state index contributed by atoms with van der Waals surface area (Å²) in [6, 6.07) is 1.50. The van der Waals surface area contributed by atoms with Crippen molar-refractivity contribution in [3.05, 3.63) is 41.6 Å². The van der Waals surface area contributed by atoms with Crippen molar-refractivity contribution in [3.63, 3.8) is 0 Å². The van der Waals surface area contributed by atoms with Crippen molar-refractivity contribution >= 4 is 0 Å². The largest absolute Gasteiger partial charge is 0.481 e. The van der Waals surface area contributed by atoms with Crippen LogP contribution in [0.3, 0.4) is 0 Å². The molecule has 3 rings (SSSR count). The minimum atomic E-state index is -0.329. The normalized spacial score (nSPS) is 21.4. The van der Waals surface area contributed by atoms with E-state index in [2.05, 4.69) is 22.3 Å². The zero-order chi connectivity index (χ0) is 17.8. The molecular weight excluding hydrogens is 323 g/mol. The standard InChI is InChI=1S/C18H25FN4O2/c1-4-23-11-14(9-22-23)18-13(5-6-25-18)8-20-12(2)15-7-17(24-3)21-10-16(15)19/h7,9-13,18,20H,4-6,8H2,1-3H3/t12?,13-,18+/m0/s1. The molecule has 3 atom stereocenters. The highest BCUT2D eigenvalue weighted by Gasteiger charge is 2.31. The van der Waals surface area contributed by atoms with Gasteiger partial charge in [-0.05, 0) is 20.3 Å². The molecule has 3 heterocycles. The number of hydrogen-bond donors (Lipinski definition) is 1. The van der Waals surface area contributed by atoms with Crippen molar-refractivity contribution in [1.29, 1.82) is 0 Å². The van der Waals surface area contributed by atoms with E-state index in [0.29, 0.717) is 17.4 Å². The molecule has 1 saturated heterocycles. The van der Waals surface area contributed by atoms with Crippen molar-refractivity contribution in [2.24, 2.45) is 5.92 Å². The molecule has 2 aromatic rings. The second-order valence-corrected chi connectivity index (χ2v) is 6.35. The first kappa shape index (κ1) is 17.8. The van der Waals surface area contributed by atoms with Gasteiger partial charge in [-0.1, -0.05) is 0 Å². The van der Waals surface area contributed by atoms with E-state index in [1.807, 2.05) is 24.0 Å². The number of rotatable bonds is 7. The van der Waals surface area contributed by atoms with E-state index in [1.165, 1.54) is 13.3 Å². The highest BCUT2D eigenvalue weighted by atomic mass is 19.1. The van der Waals surface area contributed by atoms with E-state index in [4.69, 9.17) is 9.47 Å². The third-order valence-corrected chi connectivity index (χ3v) is 4.74. The van der Waals surface area contributed by atoms with Crippen LogP contribution in [-0.4, -0.2) is 35.0 Å². The summed E-state index contributed by atoms with van der Waals surface area (Å²) >= 11 is 0. The molecule has 1 aliphatic rings. The van der Waals surface area contributed by atoms with Crippen molar-refractivity contribution in [3.8, 4) is 5.88 Å². The molecule has 1 aliphatic heterocycles. The maximum atomic E-state index is 14.0. The summed E-state index contributed by atoms with van der Waals surface area (Å²) in [5.74, 6) is 0.423. The molecule has 0 spiro atoms. The van der Waals surface area contributed by atoms with Gasteiger partial charge < -0.3 is 14.8 Å². The Labute approximate surface area is 147 Å². The van der Waals surface area contributed by atoms with Crippen LogP contribution in [0.5, 0.6) is 5.88 Å². The van der Waals surface area contributed by atoms with Crippen LogP contribution in [-0.2, 0) is 11.3 Å². The summed E-state index contributed by atoms with van der Waals surface area (Å²) < 4.78 is 27.0. The molecule has 0 aliphatic carbocycles. The zero-order valence-electron chi connectivity index (χ0n) is 14.9. The quantitative estimate of drug-likeness (QED) is 0.834. The van der Waals surface area contributed by atoms with Crippen LogP contribution in [0.1, 0.15) is 43.5 Å². The Bertz CT molecular complexity index is 706. The fourth-order valence-electron chi connectivity index (χ4n) is 3.23. The van der Waals surface area contributed by atoms with E-state index < -0.39 is 0 Å². The Morgan fingerprint density at radius 1 is 1.48 bits per heavy atom.